The number of hydrogen-bond acceptors (Lipinski definition) is 5. The van der Waals surface area contributed by atoms with E-state index in [2.05, 4.69) is 9.84 Å². The van der Waals surface area contributed by atoms with Gasteiger partial charge in [0, 0.05) is 0 Å². The summed E-state index contributed by atoms with van der Waals surface area (Å²) in [5, 5.41) is 2.82. The molecule has 1 atom stereocenters. The molecule has 0 aliphatic rings. The Morgan fingerprint density at radius 3 is 2.38 bits per heavy atom. The molecule has 0 fully saturated rings. The largest absolute Gasteiger partial charge is 0.469 e. The molecule has 0 radical (unpaired) electrons. The van der Waals surface area contributed by atoms with Crippen molar-refractivity contribution in [3.05, 3.63) is 0 Å². The van der Waals surface area contributed by atoms with Gasteiger partial charge in [0.25, 0.3) is 0 Å². The predicted molar refractivity (Wildman–Crippen MR) is 56.7 cm³/mol. The van der Waals surface area contributed by atoms with Gasteiger partial charge >= 0.3 is 13.8 Å². The zero-order valence-electron chi connectivity index (χ0n) is 9.60. The van der Waals surface area contributed by atoms with Crippen LogP contribution in [0.5, 0.6) is 0 Å². The molecular weight excluding hydrogens is 237 g/mol. The van der Waals surface area contributed by atoms with Crippen LogP contribution in [-0.4, -0.2) is 41.6 Å². The van der Waals surface area contributed by atoms with Crippen molar-refractivity contribution in [3.8, 4) is 0 Å². The van der Waals surface area contributed by atoms with Crippen molar-refractivity contribution in [3.63, 3.8) is 0 Å². The van der Waals surface area contributed by atoms with Crippen molar-refractivity contribution < 1.29 is 28.4 Å². The molecular formula is C8H18NO6P. The zero-order chi connectivity index (χ0) is 12.8. The van der Waals surface area contributed by atoms with Crippen LogP contribution in [0.25, 0.3) is 0 Å². The summed E-state index contributed by atoms with van der Waals surface area (Å²) in [7, 11) is -2.85. The van der Waals surface area contributed by atoms with Crippen molar-refractivity contribution in [2.24, 2.45) is 0 Å². The smallest absolute Gasteiger partial charge is 0.462 e. The van der Waals surface area contributed by atoms with E-state index in [1.807, 2.05) is 6.92 Å². The Morgan fingerprint density at radius 2 is 2.00 bits per heavy atom. The second-order valence-electron chi connectivity index (χ2n) is 3.40. The number of phosphoric ester groups is 1. The number of rotatable bonds is 7. The van der Waals surface area contributed by atoms with Gasteiger partial charge in [-0.05, 0) is 20.4 Å². The number of esters is 1. The molecule has 0 aliphatic carbocycles. The molecule has 0 rings (SSSR count). The molecule has 0 bridgehead atoms. The maximum Gasteiger partial charge on any atom is 0.469 e. The van der Waals surface area contributed by atoms with Crippen LogP contribution in [0.2, 0.25) is 0 Å². The summed E-state index contributed by atoms with van der Waals surface area (Å²) in [4.78, 5) is 28.3. The Kier molecular flexibility index (Phi) is 6.14. The Balaban J connectivity index is 3.95. The van der Waals surface area contributed by atoms with Crippen LogP contribution in [0.3, 0.4) is 0 Å². The first-order chi connectivity index (χ1) is 7.25. The van der Waals surface area contributed by atoms with Gasteiger partial charge in [-0.25, -0.2) is 4.57 Å². The summed E-state index contributed by atoms with van der Waals surface area (Å²) in [6.07, 6.45) is 0.543. The fraction of sp³-hybridized carbons (Fsp3) is 0.875. The Bertz CT molecular complexity index is 272. The fourth-order valence-corrected chi connectivity index (χ4v) is 1.19. The van der Waals surface area contributed by atoms with Crippen LogP contribution in [0.1, 0.15) is 20.3 Å². The monoisotopic (exact) mass is 255 g/mol. The average Bonchev–Trinajstić information content (AvgIpc) is 2.21. The molecule has 0 aliphatic heterocycles. The van der Waals surface area contributed by atoms with E-state index in [0.29, 0.717) is 6.42 Å². The SMILES string of the molecule is CCC(C)(NC)C(=O)OCCOP(=O)(O)O. The van der Waals surface area contributed by atoms with Gasteiger partial charge in [0.15, 0.2) is 0 Å². The molecule has 0 spiro atoms. The van der Waals surface area contributed by atoms with Crippen LogP contribution < -0.4 is 5.32 Å². The van der Waals surface area contributed by atoms with Crippen LogP contribution in [0.4, 0.5) is 0 Å². The van der Waals surface area contributed by atoms with E-state index in [9.17, 15) is 9.36 Å². The highest BCUT2D eigenvalue weighted by Gasteiger charge is 2.30. The van der Waals surface area contributed by atoms with Gasteiger partial charge in [-0.1, -0.05) is 6.92 Å². The third kappa shape index (κ3) is 5.58. The fourth-order valence-electron chi connectivity index (χ4n) is 0.873. The topological polar surface area (TPSA) is 105 Å². The van der Waals surface area contributed by atoms with E-state index in [0.717, 1.165) is 0 Å². The normalized spacial score (nSPS) is 15.6. The molecule has 0 saturated carbocycles. The Hall–Kier alpha value is -0.460. The van der Waals surface area contributed by atoms with Crippen LogP contribution in [0, 0.1) is 0 Å². The summed E-state index contributed by atoms with van der Waals surface area (Å²) < 4.78 is 19.2. The summed E-state index contributed by atoms with van der Waals surface area (Å²) in [6, 6.07) is 0. The summed E-state index contributed by atoms with van der Waals surface area (Å²) >= 11 is 0. The van der Waals surface area contributed by atoms with Gasteiger partial charge in [-0.15, -0.1) is 0 Å². The molecule has 7 nitrogen and oxygen atoms in total. The lowest BCUT2D eigenvalue weighted by atomic mass is 10.00. The number of carbonyl (C=O) groups excluding carboxylic acids is 1. The lowest BCUT2D eigenvalue weighted by Crippen LogP contribution is -2.48. The number of likely N-dealkylation sites (N-methyl/N-ethyl adjacent to an activating group) is 1. The minimum absolute atomic E-state index is 0.193. The van der Waals surface area contributed by atoms with Crippen molar-refractivity contribution in [1.82, 2.24) is 5.32 Å². The molecule has 0 saturated heterocycles. The second-order valence-corrected chi connectivity index (χ2v) is 4.63. The Labute approximate surface area is 94.4 Å². The van der Waals surface area contributed by atoms with Crippen LogP contribution in [0.15, 0.2) is 0 Å². The van der Waals surface area contributed by atoms with E-state index in [1.54, 1.807) is 14.0 Å². The summed E-state index contributed by atoms with van der Waals surface area (Å²) in [6.45, 7) is 2.98. The molecule has 96 valence electrons. The van der Waals surface area contributed by atoms with Crippen molar-refractivity contribution in [1.29, 1.82) is 0 Å². The van der Waals surface area contributed by atoms with Crippen molar-refractivity contribution in [2.45, 2.75) is 25.8 Å². The summed E-state index contributed by atoms with van der Waals surface area (Å²) in [5.74, 6) is -0.480. The van der Waals surface area contributed by atoms with Gasteiger partial charge in [-0.3, -0.25) is 9.32 Å². The lowest BCUT2D eigenvalue weighted by Gasteiger charge is -2.25. The number of carbonyl (C=O) groups is 1. The molecule has 0 heterocycles. The average molecular weight is 255 g/mol. The van der Waals surface area contributed by atoms with E-state index in [4.69, 9.17) is 14.5 Å². The quantitative estimate of drug-likeness (QED) is 0.335. The molecule has 0 aromatic rings. The van der Waals surface area contributed by atoms with Crippen LogP contribution in [-0.2, 0) is 18.6 Å². The molecule has 8 heteroatoms. The maximum absolute atomic E-state index is 11.5. The number of phosphoric acid groups is 1. The van der Waals surface area contributed by atoms with Crippen molar-refractivity contribution in [2.75, 3.05) is 20.3 Å². The van der Waals surface area contributed by atoms with E-state index in [1.165, 1.54) is 0 Å². The van der Waals surface area contributed by atoms with Gasteiger partial charge in [0.2, 0.25) is 0 Å². The highest BCUT2D eigenvalue weighted by atomic mass is 31.2. The number of ether oxygens (including phenoxy) is 1. The molecule has 1 unspecified atom stereocenters. The first kappa shape index (κ1) is 15.5. The first-order valence-electron chi connectivity index (χ1n) is 4.81. The van der Waals surface area contributed by atoms with Crippen molar-refractivity contribution >= 4 is 13.8 Å². The van der Waals surface area contributed by atoms with E-state index < -0.39 is 19.3 Å². The van der Waals surface area contributed by atoms with Gasteiger partial charge in [-0.2, -0.15) is 0 Å². The van der Waals surface area contributed by atoms with Crippen LogP contribution >= 0.6 is 7.82 Å². The number of hydrogen-bond donors (Lipinski definition) is 3. The van der Waals surface area contributed by atoms with Gasteiger partial charge < -0.3 is 19.8 Å². The first-order valence-corrected chi connectivity index (χ1v) is 6.34. The lowest BCUT2D eigenvalue weighted by molar-refractivity contribution is -0.151. The standard InChI is InChI=1S/C8H18NO6P/c1-4-8(2,9-3)7(10)14-5-6-15-16(11,12)13/h9H,4-6H2,1-3H3,(H2,11,12,13). The molecule has 16 heavy (non-hydrogen) atoms. The zero-order valence-corrected chi connectivity index (χ0v) is 10.5. The molecule has 0 amide bonds. The number of nitrogens with one attached hydrogen (secondary N) is 1. The molecule has 3 N–H and O–H groups in total. The minimum Gasteiger partial charge on any atom is -0.462 e. The molecule has 0 aromatic heterocycles. The third-order valence-corrected chi connectivity index (χ3v) is 2.80. The maximum atomic E-state index is 11.5. The van der Waals surface area contributed by atoms with Gasteiger partial charge in [0.1, 0.15) is 12.1 Å². The third-order valence-electron chi connectivity index (χ3n) is 2.29. The molecule has 0 aromatic carbocycles. The summed E-state index contributed by atoms with van der Waals surface area (Å²) in [5.41, 5.74) is -0.790. The van der Waals surface area contributed by atoms with E-state index >= 15 is 0 Å². The second kappa shape index (κ2) is 6.32. The minimum atomic E-state index is -4.49. The predicted octanol–water partition coefficient (Wildman–Crippen LogP) is 0.0270. The van der Waals surface area contributed by atoms with Gasteiger partial charge in [0.05, 0.1) is 6.61 Å². The Morgan fingerprint density at radius 1 is 1.44 bits per heavy atom. The van der Waals surface area contributed by atoms with E-state index in [-0.39, 0.29) is 13.2 Å². The highest BCUT2D eigenvalue weighted by Crippen LogP contribution is 2.35. The highest BCUT2D eigenvalue weighted by molar-refractivity contribution is 7.46.